The highest BCUT2D eigenvalue weighted by atomic mass is 16.5. The number of furan rings is 1. The lowest BCUT2D eigenvalue weighted by atomic mass is 10.0. The van der Waals surface area contributed by atoms with Crippen LogP contribution in [0.1, 0.15) is 31.4 Å². The zero-order valence-electron chi connectivity index (χ0n) is 16.9. The number of guanidine groups is 1. The van der Waals surface area contributed by atoms with Gasteiger partial charge in [0.15, 0.2) is 5.96 Å². The molecule has 158 valence electrons. The van der Waals surface area contributed by atoms with Crippen LogP contribution in [0.4, 0.5) is 0 Å². The molecule has 0 saturated carbocycles. The first kappa shape index (κ1) is 21.1. The summed E-state index contributed by atoms with van der Waals surface area (Å²) in [5.74, 6) is 3.04. The Kier molecular flexibility index (Phi) is 9.67. The second kappa shape index (κ2) is 12.8. The summed E-state index contributed by atoms with van der Waals surface area (Å²) >= 11 is 0. The van der Waals surface area contributed by atoms with E-state index in [0.29, 0.717) is 11.8 Å². The van der Waals surface area contributed by atoms with E-state index >= 15 is 0 Å². The predicted molar refractivity (Wildman–Crippen MR) is 109 cm³/mol. The summed E-state index contributed by atoms with van der Waals surface area (Å²) in [5, 5.41) is 6.84. The van der Waals surface area contributed by atoms with Gasteiger partial charge in [-0.2, -0.15) is 0 Å². The van der Waals surface area contributed by atoms with Crippen LogP contribution in [0.25, 0.3) is 0 Å². The molecule has 7 nitrogen and oxygen atoms in total. The van der Waals surface area contributed by atoms with Gasteiger partial charge in [0.2, 0.25) is 0 Å². The second-order valence-electron chi connectivity index (χ2n) is 7.59. The fraction of sp³-hybridized carbons (Fsp3) is 0.762. The number of nitrogens with zero attached hydrogens (tertiary/aromatic N) is 1. The van der Waals surface area contributed by atoms with Crippen molar-refractivity contribution in [2.24, 2.45) is 16.8 Å². The van der Waals surface area contributed by atoms with Crippen molar-refractivity contribution in [1.82, 2.24) is 10.6 Å². The molecule has 1 atom stereocenters. The Hall–Kier alpha value is -1.57. The number of rotatable bonds is 11. The summed E-state index contributed by atoms with van der Waals surface area (Å²) in [5.41, 5.74) is 0. The van der Waals surface area contributed by atoms with Gasteiger partial charge in [-0.3, -0.25) is 4.99 Å². The molecular formula is C21H35N3O4. The first-order chi connectivity index (χ1) is 13.9. The molecule has 0 amide bonds. The average Bonchev–Trinajstić information content (AvgIpc) is 3.43. The largest absolute Gasteiger partial charge is 0.469 e. The van der Waals surface area contributed by atoms with Crippen LogP contribution in [-0.2, 0) is 20.6 Å². The molecule has 1 aromatic heterocycles. The lowest BCUT2D eigenvalue weighted by molar-refractivity contribution is 0.0203. The third-order valence-electron chi connectivity index (χ3n) is 5.23. The molecule has 0 spiro atoms. The van der Waals surface area contributed by atoms with E-state index in [-0.39, 0.29) is 0 Å². The molecule has 3 rings (SSSR count). The second-order valence-corrected chi connectivity index (χ2v) is 7.59. The number of nitrogens with one attached hydrogen (secondary N) is 2. The standard InChI is InChI=1S/C21H35N3O4/c1-3-20(28-11-1)4-9-23-21(24-15-19-7-14-27-17-19)22-8-2-10-26-16-18-5-12-25-13-6-18/h1,3,11,18-19H,2,4-10,12-17H2,(H2,22,23,24). The molecule has 2 aliphatic heterocycles. The summed E-state index contributed by atoms with van der Waals surface area (Å²) in [7, 11) is 0. The summed E-state index contributed by atoms with van der Waals surface area (Å²) in [6.45, 7) is 7.52. The van der Waals surface area contributed by atoms with E-state index in [9.17, 15) is 0 Å². The molecule has 0 radical (unpaired) electrons. The first-order valence-electron chi connectivity index (χ1n) is 10.7. The van der Waals surface area contributed by atoms with Crippen molar-refractivity contribution in [2.75, 3.05) is 59.3 Å². The van der Waals surface area contributed by atoms with E-state index in [2.05, 4.69) is 10.6 Å². The molecular weight excluding hydrogens is 358 g/mol. The van der Waals surface area contributed by atoms with E-state index < -0.39 is 0 Å². The molecule has 0 aromatic carbocycles. The van der Waals surface area contributed by atoms with Gasteiger partial charge in [-0.1, -0.05) is 0 Å². The summed E-state index contributed by atoms with van der Waals surface area (Å²) in [4.78, 5) is 4.74. The Bertz CT molecular complexity index is 538. The van der Waals surface area contributed by atoms with E-state index in [1.54, 1.807) is 6.26 Å². The summed E-state index contributed by atoms with van der Waals surface area (Å²) in [6, 6.07) is 3.92. The number of hydrogen-bond acceptors (Lipinski definition) is 5. The summed E-state index contributed by atoms with van der Waals surface area (Å²) in [6.07, 6.45) is 6.87. The normalized spacial score (nSPS) is 21.1. The number of ether oxygens (including phenoxy) is 3. The Morgan fingerprint density at radius 3 is 2.68 bits per heavy atom. The quantitative estimate of drug-likeness (QED) is 0.341. The van der Waals surface area contributed by atoms with Gasteiger partial charge < -0.3 is 29.3 Å². The minimum Gasteiger partial charge on any atom is -0.469 e. The van der Waals surface area contributed by atoms with Crippen molar-refractivity contribution in [3.63, 3.8) is 0 Å². The molecule has 1 aromatic rings. The van der Waals surface area contributed by atoms with E-state index in [1.807, 2.05) is 12.1 Å². The highest BCUT2D eigenvalue weighted by Gasteiger charge is 2.15. The average molecular weight is 394 g/mol. The van der Waals surface area contributed by atoms with Crippen molar-refractivity contribution < 1.29 is 18.6 Å². The fourth-order valence-corrected chi connectivity index (χ4v) is 3.43. The molecule has 2 aliphatic rings. The Morgan fingerprint density at radius 2 is 1.89 bits per heavy atom. The van der Waals surface area contributed by atoms with Crippen LogP contribution in [0, 0.1) is 11.8 Å². The van der Waals surface area contributed by atoms with E-state index in [4.69, 9.17) is 23.6 Å². The van der Waals surface area contributed by atoms with Crippen LogP contribution in [0.2, 0.25) is 0 Å². The predicted octanol–water partition coefficient (Wildman–Crippen LogP) is 2.23. The van der Waals surface area contributed by atoms with Crippen molar-refractivity contribution in [1.29, 1.82) is 0 Å². The maximum absolute atomic E-state index is 5.84. The molecule has 3 heterocycles. The molecule has 2 saturated heterocycles. The third-order valence-corrected chi connectivity index (χ3v) is 5.23. The third kappa shape index (κ3) is 8.20. The monoisotopic (exact) mass is 393 g/mol. The highest BCUT2D eigenvalue weighted by molar-refractivity contribution is 5.79. The maximum atomic E-state index is 5.84. The van der Waals surface area contributed by atoms with Gasteiger partial charge in [-0.15, -0.1) is 0 Å². The number of aliphatic imine (C=N–C) groups is 1. The molecule has 2 N–H and O–H groups in total. The molecule has 0 aliphatic carbocycles. The van der Waals surface area contributed by atoms with Crippen molar-refractivity contribution in [3.05, 3.63) is 24.2 Å². The van der Waals surface area contributed by atoms with Gasteiger partial charge in [0.25, 0.3) is 0 Å². The topological polar surface area (TPSA) is 77.3 Å². The zero-order chi connectivity index (χ0) is 19.3. The van der Waals surface area contributed by atoms with Gasteiger partial charge >= 0.3 is 0 Å². The van der Waals surface area contributed by atoms with Gasteiger partial charge in [0, 0.05) is 65.0 Å². The minimum atomic E-state index is 0.534. The maximum Gasteiger partial charge on any atom is 0.191 e. The smallest absolute Gasteiger partial charge is 0.191 e. The van der Waals surface area contributed by atoms with Crippen molar-refractivity contribution in [2.45, 2.75) is 32.1 Å². The first-order valence-corrected chi connectivity index (χ1v) is 10.7. The van der Waals surface area contributed by atoms with E-state index in [0.717, 1.165) is 103 Å². The van der Waals surface area contributed by atoms with Crippen molar-refractivity contribution >= 4 is 5.96 Å². The van der Waals surface area contributed by atoms with Crippen LogP contribution in [0.5, 0.6) is 0 Å². The zero-order valence-corrected chi connectivity index (χ0v) is 16.9. The van der Waals surface area contributed by atoms with Crippen LogP contribution in [-0.4, -0.2) is 65.2 Å². The highest BCUT2D eigenvalue weighted by Crippen LogP contribution is 2.14. The fourth-order valence-electron chi connectivity index (χ4n) is 3.43. The lowest BCUT2D eigenvalue weighted by Gasteiger charge is -2.21. The van der Waals surface area contributed by atoms with Crippen LogP contribution in [0.3, 0.4) is 0 Å². The Morgan fingerprint density at radius 1 is 1.07 bits per heavy atom. The summed E-state index contributed by atoms with van der Waals surface area (Å²) < 4.78 is 22.1. The SMILES string of the molecule is c1coc(CCNC(=NCC2CCOC2)NCCCOCC2CCOCC2)c1. The van der Waals surface area contributed by atoms with E-state index in [1.165, 1.54) is 0 Å². The van der Waals surface area contributed by atoms with Gasteiger partial charge in [-0.05, 0) is 43.7 Å². The molecule has 7 heteroatoms. The minimum absolute atomic E-state index is 0.534. The Labute approximate surface area is 168 Å². The molecule has 0 bridgehead atoms. The van der Waals surface area contributed by atoms with Crippen LogP contribution in [0.15, 0.2) is 27.8 Å². The molecule has 1 unspecified atom stereocenters. The molecule has 28 heavy (non-hydrogen) atoms. The number of hydrogen-bond donors (Lipinski definition) is 2. The lowest BCUT2D eigenvalue weighted by Crippen LogP contribution is -2.39. The van der Waals surface area contributed by atoms with Gasteiger partial charge in [-0.25, -0.2) is 0 Å². The van der Waals surface area contributed by atoms with Crippen molar-refractivity contribution in [3.8, 4) is 0 Å². The Balaban J connectivity index is 1.31. The van der Waals surface area contributed by atoms with Crippen LogP contribution < -0.4 is 10.6 Å². The molecule has 2 fully saturated rings. The van der Waals surface area contributed by atoms with Gasteiger partial charge in [0.1, 0.15) is 5.76 Å². The van der Waals surface area contributed by atoms with Crippen LogP contribution >= 0.6 is 0 Å². The van der Waals surface area contributed by atoms with Gasteiger partial charge in [0.05, 0.1) is 12.9 Å².